The average molecular weight is 350 g/mol. The maximum Gasteiger partial charge on any atom is 0.233 e. The van der Waals surface area contributed by atoms with E-state index < -0.39 is 5.82 Å². The number of carbonyl (C=O) groups excluding carboxylic acids is 2. The predicted octanol–water partition coefficient (Wildman–Crippen LogP) is 2.96. The molecule has 0 unspecified atom stereocenters. The molecule has 0 saturated heterocycles. The zero-order chi connectivity index (χ0) is 17.5. The van der Waals surface area contributed by atoms with E-state index in [-0.39, 0.29) is 23.9 Å². The monoisotopic (exact) mass is 350 g/mol. The van der Waals surface area contributed by atoms with E-state index in [1.54, 1.807) is 11.6 Å². The first-order chi connectivity index (χ1) is 11.5. The zero-order valence-corrected chi connectivity index (χ0v) is 13.9. The molecule has 0 bridgehead atoms. The van der Waals surface area contributed by atoms with Crippen LogP contribution in [0.15, 0.2) is 29.8 Å². The standard InChI is InChI=1S/C16H19FN4O2S/c17-11-6-7-12(18)13(10-11)21(16-20-8-9-24-16)15(23)5-3-1-2-4-14(19)22/h6-10H,1-5,18H2,(H2,19,22). The predicted molar refractivity (Wildman–Crippen MR) is 92.4 cm³/mol. The highest BCUT2D eigenvalue weighted by Gasteiger charge is 2.22. The first-order valence-corrected chi connectivity index (χ1v) is 8.43. The molecule has 0 aliphatic rings. The quantitative estimate of drug-likeness (QED) is 0.564. The van der Waals surface area contributed by atoms with Crippen molar-refractivity contribution in [2.75, 3.05) is 10.6 Å². The molecule has 0 radical (unpaired) electrons. The Morgan fingerprint density at radius 3 is 2.62 bits per heavy atom. The van der Waals surface area contributed by atoms with Crippen LogP contribution in [0.1, 0.15) is 32.1 Å². The summed E-state index contributed by atoms with van der Waals surface area (Å²) in [5, 5.41) is 2.17. The number of primary amides is 1. The van der Waals surface area contributed by atoms with Gasteiger partial charge in [-0.2, -0.15) is 0 Å². The number of halogens is 1. The van der Waals surface area contributed by atoms with Crippen LogP contribution in [0, 0.1) is 5.82 Å². The van der Waals surface area contributed by atoms with E-state index in [1.807, 2.05) is 0 Å². The lowest BCUT2D eigenvalue weighted by molar-refractivity contribution is -0.118. The Kier molecular flexibility index (Phi) is 6.25. The number of nitrogen functional groups attached to an aromatic ring is 1. The van der Waals surface area contributed by atoms with E-state index in [4.69, 9.17) is 11.5 Å². The molecular formula is C16H19FN4O2S. The molecule has 1 heterocycles. The Morgan fingerprint density at radius 1 is 1.21 bits per heavy atom. The third kappa shape index (κ3) is 4.76. The molecule has 0 atom stereocenters. The summed E-state index contributed by atoms with van der Waals surface area (Å²) in [5.74, 6) is -1.05. The third-order valence-corrected chi connectivity index (χ3v) is 4.16. The van der Waals surface area contributed by atoms with Crippen molar-refractivity contribution in [1.82, 2.24) is 4.98 Å². The molecule has 2 aromatic rings. The van der Waals surface area contributed by atoms with Gasteiger partial charge < -0.3 is 11.5 Å². The van der Waals surface area contributed by atoms with Gasteiger partial charge in [0.15, 0.2) is 5.13 Å². The molecule has 0 aliphatic carbocycles. The van der Waals surface area contributed by atoms with Gasteiger partial charge in [0.25, 0.3) is 0 Å². The van der Waals surface area contributed by atoms with Gasteiger partial charge in [-0.25, -0.2) is 9.37 Å². The van der Waals surface area contributed by atoms with Crippen molar-refractivity contribution < 1.29 is 14.0 Å². The first kappa shape index (κ1) is 17.9. The number of anilines is 3. The van der Waals surface area contributed by atoms with Crippen LogP contribution in [0.3, 0.4) is 0 Å². The summed E-state index contributed by atoms with van der Waals surface area (Å²) < 4.78 is 13.6. The molecule has 0 aliphatic heterocycles. The summed E-state index contributed by atoms with van der Waals surface area (Å²) in [7, 11) is 0. The van der Waals surface area contributed by atoms with Crippen LogP contribution in [0.4, 0.5) is 20.9 Å². The van der Waals surface area contributed by atoms with Crippen molar-refractivity contribution >= 4 is 39.7 Å². The second-order valence-corrected chi connectivity index (χ2v) is 6.15. The van der Waals surface area contributed by atoms with Gasteiger partial charge in [0, 0.05) is 30.5 Å². The number of amides is 2. The van der Waals surface area contributed by atoms with Crippen molar-refractivity contribution in [3.8, 4) is 0 Å². The number of hydrogen-bond donors (Lipinski definition) is 2. The van der Waals surface area contributed by atoms with Gasteiger partial charge in [-0.05, 0) is 25.0 Å². The van der Waals surface area contributed by atoms with Crippen molar-refractivity contribution in [1.29, 1.82) is 0 Å². The van der Waals surface area contributed by atoms with E-state index in [0.29, 0.717) is 36.5 Å². The number of nitrogens with two attached hydrogens (primary N) is 2. The fourth-order valence-electron chi connectivity index (χ4n) is 2.24. The Morgan fingerprint density at radius 2 is 1.96 bits per heavy atom. The number of rotatable bonds is 8. The van der Waals surface area contributed by atoms with Gasteiger partial charge in [-0.3, -0.25) is 14.5 Å². The molecule has 0 spiro atoms. The van der Waals surface area contributed by atoms with E-state index in [2.05, 4.69) is 4.98 Å². The Hall–Kier alpha value is -2.48. The molecule has 2 rings (SSSR count). The van der Waals surface area contributed by atoms with Crippen LogP contribution in [-0.2, 0) is 9.59 Å². The lowest BCUT2D eigenvalue weighted by Gasteiger charge is -2.21. The first-order valence-electron chi connectivity index (χ1n) is 7.55. The number of aromatic nitrogens is 1. The number of unbranched alkanes of at least 4 members (excludes halogenated alkanes) is 2. The van der Waals surface area contributed by atoms with E-state index in [0.717, 1.165) is 0 Å². The van der Waals surface area contributed by atoms with Crippen LogP contribution < -0.4 is 16.4 Å². The third-order valence-electron chi connectivity index (χ3n) is 3.41. The molecule has 24 heavy (non-hydrogen) atoms. The normalized spacial score (nSPS) is 10.5. The van der Waals surface area contributed by atoms with E-state index >= 15 is 0 Å². The number of benzene rings is 1. The SMILES string of the molecule is NC(=O)CCCCCC(=O)N(c1nccs1)c1cc(F)ccc1N. The van der Waals surface area contributed by atoms with Gasteiger partial charge in [0.05, 0.1) is 11.4 Å². The van der Waals surface area contributed by atoms with Crippen molar-refractivity contribution in [2.24, 2.45) is 5.73 Å². The highest BCUT2D eigenvalue weighted by atomic mass is 32.1. The maximum absolute atomic E-state index is 13.6. The minimum absolute atomic E-state index is 0.221. The summed E-state index contributed by atoms with van der Waals surface area (Å²) in [5.41, 5.74) is 11.6. The van der Waals surface area contributed by atoms with Gasteiger partial charge in [0.1, 0.15) is 5.82 Å². The fraction of sp³-hybridized carbons (Fsp3) is 0.312. The average Bonchev–Trinajstić information content (AvgIpc) is 3.04. The van der Waals surface area contributed by atoms with Crippen LogP contribution in [0.5, 0.6) is 0 Å². The zero-order valence-electron chi connectivity index (χ0n) is 13.1. The number of thiazole rings is 1. The Balaban J connectivity index is 2.11. The second-order valence-electron chi connectivity index (χ2n) is 5.27. The van der Waals surface area contributed by atoms with Crippen molar-refractivity contribution in [2.45, 2.75) is 32.1 Å². The smallest absolute Gasteiger partial charge is 0.233 e. The largest absolute Gasteiger partial charge is 0.397 e. The molecule has 0 fully saturated rings. The van der Waals surface area contributed by atoms with Crippen LogP contribution >= 0.6 is 11.3 Å². The molecule has 4 N–H and O–H groups in total. The molecule has 128 valence electrons. The molecule has 2 amide bonds. The summed E-state index contributed by atoms with van der Waals surface area (Å²) in [6.45, 7) is 0. The van der Waals surface area contributed by atoms with Gasteiger partial charge in [-0.15, -0.1) is 11.3 Å². The molecule has 1 aromatic carbocycles. The van der Waals surface area contributed by atoms with E-state index in [1.165, 1.54) is 34.4 Å². The van der Waals surface area contributed by atoms with Crippen LogP contribution in [-0.4, -0.2) is 16.8 Å². The minimum atomic E-state index is -0.477. The fourth-order valence-corrected chi connectivity index (χ4v) is 2.92. The minimum Gasteiger partial charge on any atom is -0.397 e. The Labute approximate surface area is 143 Å². The Bertz CT molecular complexity index is 706. The number of hydrogen-bond acceptors (Lipinski definition) is 5. The molecule has 6 nitrogen and oxygen atoms in total. The molecule has 1 aromatic heterocycles. The lowest BCUT2D eigenvalue weighted by atomic mass is 10.1. The van der Waals surface area contributed by atoms with Crippen molar-refractivity contribution in [3.63, 3.8) is 0 Å². The number of carbonyl (C=O) groups is 2. The lowest BCUT2D eigenvalue weighted by Crippen LogP contribution is -2.26. The highest BCUT2D eigenvalue weighted by molar-refractivity contribution is 7.13. The van der Waals surface area contributed by atoms with Gasteiger partial charge in [-0.1, -0.05) is 6.42 Å². The topological polar surface area (TPSA) is 102 Å². The summed E-state index contributed by atoms with van der Waals surface area (Å²) >= 11 is 1.27. The number of nitrogens with zero attached hydrogens (tertiary/aromatic N) is 2. The molecule has 8 heteroatoms. The maximum atomic E-state index is 13.6. The molecule has 0 saturated carbocycles. The summed E-state index contributed by atoms with van der Waals surface area (Å²) in [6, 6.07) is 3.89. The van der Waals surface area contributed by atoms with Gasteiger partial charge in [0.2, 0.25) is 11.8 Å². The van der Waals surface area contributed by atoms with Crippen LogP contribution in [0.2, 0.25) is 0 Å². The van der Waals surface area contributed by atoms with Crippen molar-refractivity contribution in [3.05, 3.63) is 35.6 Å². The van der Waals surface area contributed by atoms with Gasteiger partial charge >= 0.3 is 0 Å². The highest BCUT2D eigenvalue weighted by Crippen LogP contribution is 2.33. The summed E-state index contributed by atoms with van der Waals surface area (Å²) in [4.78, 5) is 28.8. The second kappa shape index (κ2) is 8.39. The molecular weight excluding hydrogens is 331 g/mol. The van der Waals surface area contributed by atoms with Crippen LogP contribution in [0.25, 0.3) is 0 Å². The van der Waals surface area contributed by atoms with E-state index in [9.17, 15) is 14.0 Å². The summed E-state index contributed by atoms with van der Waals surface area (Å²) in [6.07, 6.45) is 4.07.